The van der Waals surface area contributed by atoms with Gasteiger partial charge in [-0.1, -0.05) is 0 Å². The first-order chi connectivity index (χ1) is 11.5. The Balaban J connectivity index is 2.05. The smallest absolute Gasteiger partial charge is 0.224 e. The summed E-state index contributed by atoms with van der Waals surface area (Å²) < 4.78 is 3.79. The number of anilines is 1. The molecule has 8 nitrogen and oxygen atoms in total. The Morgan fingerprint density at radius 2 is 1.83 bits per heavy atom. The highest BCUT2D eigenvalue weighted by molar-refractivity contribution is 5.59. The van der Waals surface area contributed by atoms with E-state index in [9.17, 15) is 5.11 Å². The van der Waals surface area contributed by atoms with Gasteiger partial charge >= 0.3 is 0 Å². The second-order valence-corrected chi connectivity index (χ2v) is 5.75. The molecule has 0 fully saturated rings. The first kappa shape index (κ1) is 16.1. The molecule has 0 saturated carbocycles. The molecule has 3 heterocycles. The molecule has 0 aliphatic heterocycles. The molecule has 0 saturated heterocycles. The van der Waals surface area contributed by atoms with E-state index in [0.717, 1.165) is 28.5 Å². The van der Waals surface area contributed by atoms with E-state index < -0.39 is 0 Å². The van der Waals surface area contributed by atoms with Crippen LogP contribution in [0.5, 0.6) is 0 Å². The average Bonchev–Trinajstić information content (AvgIpc) is 3.13. The van der Waals surface area contributed by atoms with Crippen molar-refractivity contribution in [3.63, 3.8) is 0 Å². The Bertz CT molecular complexity index is 833. The summed E-state index contributed by atoms with van der Waals surface area (Å²) in [6.07, 6.45) is 7.18. The van der Waals surface area contributed by atoms with Crippen LogP contribution in [0.15, 0.2) is 24.8 Å². The maximum absolute atomic E-state index is 9.18. The van der Waals surface area contributed by atoms with Gasteiger partial charge in [-0.3, -0.25) is 9.25 Å². The third kappa shape index (κ3) is 2.76. The van der Waals surface area contributed by atoms with Crippen LogP contribution in [0.1, 0.15) is 11.4 Å². The highest BCUT2D eigenvalue weighted by atomic mass is 16.3. The topological polar surface area (TPSA) is 84.9 Å². The summed E-state index contributed by atoms with van der Waals surface area (Å²) in [5, 5.41) is 13.7. The normalized spacial score (nSPS) is 11.0. The summed E-state index contributed by atoms with van der Waals surface area (Å²) in [5.74, 6) is 1.41. The van der Waals surface area contributed by atoms with Gasteiger partial charge in [0.2, 0.25) is 5.95 Å². The number of hydrogen-bond donors (Lipinski definition) is 1. The lowest BCUT2D eigenvalue weighted by atomic mass is 10.2. The van der Waals surface area contributed by atoms with E-state index in [1.807, 2.05) is 43.6 Å². The van der Waals surface area contributed by atoms with Crippen LogP contribution in [0.4, 0.5) is 5.95 Å². The van der Waals surface area contributed by atoms with Crippen LogP contribution in [0.25, 0.3) is 17.1 Å². The van der Waals surface area contributed by atoms with Crippen LogP contribution >= 0.6 is 0 Å². The van der Waals surface area contributed by atoms with Gasteiger partial charge in [-0.05, 0) is 13.8 Å². The average molecular weight is 327 g/mol. The van der Waals surface area contributed by atoms with Crippen LogP contribution in [-0.4, -0.2) is 55.1 Å². The zero-order valence-corrected chi connectivity index (χ0v) is 14.3. The number of aryl methyl sites for hydroxylation is 1. The molecule has 0 aliphatic carbocycles. The van der Waals surface area contributed by atoms with Gasteiger partial charge in [-0.2, -0.15) is 5.10 Å². The lowest BCUT2D eigenvalue weighted by Gasteiger charge is -2.11. The molecule has 0 bridgehead atoms. The van der Waals surface area contributed by atoms with Crippen molar-refractivity contribution in [2.45, 2.75) is 20.4 Å². The molecule has 0 atom stereocenters. The predicted octanol–water partition coefficient (Wildman–Crippen LogP) is 1.20. The summed E-state index contributed by atoms with van der Waals surface area (Å²) >= 11 is 0. The van der Waals surface area contributed by atoms with E-state index in [1.54, 1.807) is 23.3 Å². The van der Waals surface area contributed by atoms with Crippen LogP contribution in [0.3, 0.4) is 0 Å². The number of nitrogens with zero attached hydrogens (tertiary/aromatic N) is 7. The second kappa shape index (κ2) is 6.40. The van der Waals surface area contributed by atoms with Crippen molar-refractivity contribution in [2.75, 3.05) is 25.6 Å². The molecule has 126 valence electrons. The Morgan fingerprint density at radius 1 is 1.12 bits per heavy atom. The molecule has 3 aromatic rings. The molecule has 0 spiro atoms. The molecule has 1 N–H and O–H groups in total. The Kier molecular flexibility index (Phi) is 4.30. The van der Waals surface area contributed by atoms with E-state index in [0.29, 0.717) is 12.5 Å². The molecular formula is C16H21N7O. The van der Waals surface area contributed by atoms with E-state index in [-0.39, 0.29) is 6.61 Å². The van der Waals surface area contributed by atoms with Crippen LogP contribution in [0, 0.1) is 13.8 Å². The number of aliphatic hydroxyl groups is 1. The zero-order valence-electron chi connectivity index (χ0n) is 14.3. The minimum Gasteiger partial charge on any atom is -0.394 e. The van der Waals surface area contributed by atoms with Gasteiger partial charge < -0.3 is 10.0 Å². The monoisotopic (exact) mass is 327 g/mol. The fourth-order valence-electron chi connectivity index (χ4n) is 2.71. The number of rotatable bonds is 5. The minimum absolute atomic E-state index is 0.0536. The highest BCUT2D eigenvalue weighted by Gasteiger charge is 2.17. The largest absolute Gasteiger partial charge is 0.394 e. The molecule has 0 radical (unpaired) electrons. The van der Waals surface area contributed by atoms with Crippen molar-refractivity contribution in [3.8, 4) is 17.1 Å². The van der Waals surface area contributed by atoms with Crippen LogP contribution in [0.2, 0.25) is 0 Å². The summed E-state index contributed by atoms with van der Waals surface area (Å²) in [6, 6.07) is 0. The fraction of sp³-hybridized carbons (Fsp3) is 0.375. The predicted molar refractivity (Wildman–Crippen MR) is 91.3 cm³/mol. The first-order valence-corrected chi connectivity index (χ1v) is 7.71. The zero-order chi connectivity index (χ0) is 17.3. The van der Waals surface area contributed by atoms with Crippen LogP contribution in [-0.2, 0) is 6.54 Å². The van der Waals surface area contributed by atoms with E-state index in [4.69, 9.17) is 0 Å². The fourth-order valence-corrected chi connectivity index (χ4v) is 2.71. The number of aliphatic hydroxyl groups excluding tert-OH is 1. The number of hydrogen-bond acceptors (Lipinski definition) is 6. The quantitative estimate of drug-likeness (QED) is 0.758. The number of imidazole rings is 1. The standard InChI is InChI=1S/C16H21N7O/c1-11-14(12(2)23(20-11)7-8-24)22-6-5-17-15(22)13-9-18-16(19-10-13)21(3)4/h5-6,9-10,24H,7-8H2,1-4H3. The van der Waals surface area contributed by atoms with E-state index in [1.165, 1.54) is 0 Å². The maximum atomic E-state index is 9.18. The van der Waals surface area contributed by atoms with Gasteiger partial charge in [-0.15, -0.1) is 0 Å². The molecule has 8 heteroatoms. The van der Waals surface area contributed by atoms with Crippen molar-refractivity contribution in [1.82, 2.24) is 29.3 Å². The molecule has 0 aliphatic rings. The molecule has 3 aromatic heterocycles. The second-order valence-electron chi connectivity index (χ2n) is 5.75. The maximum Gasteiger partial charge on any atom is 0.224 e. The Morgan fingerprint density at radius 3 is 2.46 bits per heavy atom. The van der Waals surface area contributed by atoms with Crippen molar-refractivity contribution >= 4 is 5.95 Å². The Hall–Kier alpha value is -2.74. The third-order valence-electron chi connectivity index (χ3n) is 3.83. The van der Waals surface area contributed by atoms with Crippen molar-refractivity contribution in [2.24, 2.45) is 0 Å². The van der Waals surface area contributed by atoms with Gasteiger partial charge in [0.1, 0.15) is 5.82 Å². The van der Waals surface area contributed by atoms with Crippen molar-refractivity contribution in [1.29, 1.82) is 0 Å². The molecule has 24 heavy (non-hydrogen) atoms. The molecule has 0 unspecified atom stereocenters. The SMILES string of the molecule is Cc1nn(CCO)c(C)c1-n1ccnc1-c1cnc(N(C)C)nc1. The Labute approximate surface area is 140 Å². The molecule has 0 amide bonds. The lowest BCUT2D eigenvalue weighted by Crippen LogP contribution is -2.12. The van der Waals surface area contributed by atoms with E-state index >= 15 is 0 Å². The van der Waals surface area contributed by atoms with Gasteiger partial charge in [0.15, 0.2) is 0 Å². The minimum atomic E-state index is 0.0536. The summed E-state index contributed by atoms with van der Waals surface area (Å²) in [4.78, 5) is 15.0. The van der Waals surface area contributed by atoms with Crippen molar-refractivity contribution < 1.29 is 5.11 Å². The number of aromatic nitrogens is 6. The third-order valence-corrected chi connectivity index (χ3v) is 3.83. The summed E-state index contributed by atoms with van der Waals surface area (Å²) in [7, 11) is 3.80. The van der Waals surface area contributed by atoms with Crippen molar-refractivity contribution in [3.05, 3.63) is 36.2 Å². The molecule has 3 rings (SSSR count). The lowest BCUT2D eigenvalue weighted by molar-refractivity contribution is 0.268. The van der Waals surface area contributed by atoms with E-state index in [2.05, 4.69) is 20.1 Å². The first-order valence-electron chi connectivity index (χ1n) is 7.71. The molecular weight excluding hydrogens is 306 g/mol. The van der Waals surface area contributed by atoms with Crippen LogP contribution < -0.4 is 4.90 Å². The van der Waals surface area contributed by atoms with Gasteiger partial charge in [0.05, 0.1) is 35.8 Å². The highest BCUT2D eigenvalue weighted by Crippen LogP contribution is 2.25. The molecule has 0 aromatic carbocycles. The summed E-state index contributed by atoms with van der Waals surface area (Å²) in [5.41, 5.74) is 3.66. The van der Waals surface area contributed by atoms with Gasteiger partial charge in [0, 0.05) is 38.9 Å². The summed E-state index contributed by atoms with van der Waals surface area (Å²) in [6.45, 7) is 4.46. The van der Waals surface area contributed by atoms with Gasteiger partial charge in [0.25, 0.3) is 0 Å². The van der Waals surface area contributed by atoms with Gasteiger partial charge in [-0.25, -0.2) is 15.0 Å².